The zero-order valence-electron chi connectivity index (χ0n) is 45.9. The van der Waals surface area contributed by atoms with Crippen LogP contribution in [0.25, 0.3) is 0 Å². The van der Waals surface area contributed by atoms with Gasteiger partial charge in [-0.15, -0.1) is 0 Å². The molecule has 0 spiro atoms. The van der Waals surface area contributed by atoms with Crippen LogP contribution in [0.2, 0.25) is 0 Å². The normalized spacial score (nSPS) is 13.7. The summed E-state index contributed by atoms with van der Waals surface area (Å²) in [5, 5.41) is 0. The van der Waals surface area contributed by atoms with E-state index in [1.54, 1.807) is 0 Å². The van der Waals surface area contributed by atoms with Crippen molar-refractivity contribution in [2.45, 2.75) is 207 Å². The highest BCUT2D eigenvalue weighted by atomic mass is 16.6. The van der Waals surface area contributed by atoms with Crippen molar-refractivity contribution in [1.29, 1.82) is 0 Å². The van der Waals surface area contributed by atoms with E-state index in [-0.39, 0.29) is 38.0 Å². The van der Waals surface area contributed by atoms with E-state index in [1.807, 2.05) is 12.2 Å². The summed E-state index contributed by atoms with van der Waals surface area (Å²) in [7, 11) is 0. The molecule has 0 aromatic carbocycles. The number of hydrogen-bond acceptors (Lipinski definition) is 5. The van der Waals surface area contributed by atoms with Crippen LogP contribution in [-0.4, -0.2) is 37.9 Å². The van der Waals surface area contributed by atoms with E-state index < -0.39 is 6.10 Å². The van der Waals surface area contributed by atoms with Crippen molar-refractivity contribution < 1.29 is 23.8 Å². The Morgan fingerprint density at radius 1 is 0.306 bits per heavy atom. The van der Waals surface area contributed by atoms with E-state index in [0.29, 0.717) is 19.4 Å². The first kappa shape index (κ1) is 67.0. The molecule has 0 aliphatic rings. The lowest BCUT2D eigenvalue weighted by Crippen LogP contribution is -2.30. The maximum Gasteiger partial charge on any atom is 0.306 e. The first-order valence-corrected chi connectivity index (χ1v) is 28.3. The Hall–Kier alpha value is -5.00. The second-order valence-corrected chi connectivity index (χ2v) is 17.7. The molecule has 0 saturated carbocycles. The number of allylic oxidation sites excluding steroid dienone is 30. The summed E-state index contributed by atoms with van der Waals surface area (Å²) in [6.07, 6.45) is 92.2. The van der Waals surface area contributed by atoms with E-state index in [4.69, 9.17) is 14.2 Å². The highest BCUT2D eigenvalue weighted by Gasteiger charge is 2.17. The summed E-state index contributed by atoms with van der Waals surface area (Å²) in [6.45, 7) is 7.28. The monoisotopic (exact) mass is 987 g/mol. The van der Waals surface area contributed by atoms with E-state index in [2.05, 4.69) is 191 Å². The molecule has 0 aromatic heterocycles. The summed E-state index contributed by atoms with van der Waals surface area (Å²) >= 11 is 0. The van der Waals surface area contributed by atoms with Crippen molar-refractivity contribution in [3.63, 3.8) is 0 Å². The molecule has 0 radical (unpaired) electrons. The highest BCUT2D eigenvalue weighted by molar-refractivity contribution is 5.70. The Balaban J connectivity index is 4.57. The first-order chi connectivity index (χ1) is 35.6. The van der Waals surface area contributed by atoms with Gasteiger partial charge in [-0.05, 0) is 128 Å². The molecule has 400 valence electrons. The molecule has 0 bridgehead atoms. The second kappa shape index (κ2) is 60.3. The van der Waals surface area contributed by atoms with Gasteiger partial charge in [0.25, 0.3) is 0 Å². The van der Waals surface area contributed by atoms with Gasteiger partial charge in [0.05, 0.1) is 6.61 Å². The predicted molar refractivity (Wildman–Crippen MR) is 315 cm³/mol. The van der Waals surface area contributed by atoms with Crippen LogP contribution in [0.1, 0.15) is 201 Å². The van der Waals surface area contributed by atoms with Crippen LogP contribution in [0.5, 0.6) is 0 Å². The Labute approximate surface area is 442 Å². The van der Waals surface area contributed by atoms with Crippen LogP contribution < -0.4 is 0 Å². The molecule has 0 saturated heterocycles. The molecule has 5 heteroatoms. The van der Waals surface area contributed by atoms with Gasteiger partial charge in [0.1, 0.15) is 6.61 Å². The van der Waals surface area contributed by atoms with Crippen LogP contribution >= 0.6 is 0 Å². The van der Waals surface area contributed by atoms with E-state index >= 15 is 0 Å². The molecule has 1 atom stereocenters. The predicted octanol–water partition coefficient (Wildman–Crippen LogP) is 19.8. The summed E-state index contributed by atoms with van der Waals surface area (Å²) in [5.41, 5.74) is 0. The van der Waals surface area contributed by atoms with Crippen molar-refractivity contribution in [1.82, 2.24) is 0 Å². The number of esters is 2. The van der Waals surface area contributed by atoms with Crippen LogP contribution in [0.4, 0.5) is 0 Å². The van der Waals surface area contributed by atoms with E-state index in [1.165, 1.54) is 44.9 Å². The SMILES string of the molecule is CC/C=C\C/C=C\C/C=C\C/C=C\C/C=C\C/C=C\CCC(=O)OCC(COCCCCCCCCCC/C=C\C/C=C\C/C=C\CC)OC(=O)CC/C=C\C/C=C\C/C=C\C/C=C\C/C=C\C/C=C\CC. The van der Waals surface area contributed by atoms with Gasteiger partial charge < -0.3 is 14.2 Å². The Kier molecular flexibility index (Phi) is 56.1. The van der Waals surface area contributed by atoms with Crippen molar-refractivity contribution in [2.75, 3.05) is 19.8 Å². The maximum absolute atomic E-state index is 12.8. The van der Waals surface area contributed by atoms with Crippen molar-refractivity contribution in [2.24, 2.45) is 0 Å². The third-order valence-electron chi connectivity index (χ3n) is 10.9. The fraction of sp³-hybridized carbons (Fsp3) is 0.522. The first-order valence-electron chi connectivity index (χ1n) is 28.3. The van der Waals surface area contributed by atoms with Gasteiger partial charge in [-0.1, -0.05) is 242 Å². The molecule has 0 fully saturated rings. The number of ether oxygens (including phenoxy) is 3. The molecule has 1 unspecified atom stereocenters. The third kappa shape index (κ3) is 57.6. The highest BCUT2D eigenvalue weighted by Crippen LogP contribution is 2.11. The van der Waals surface area contributed by atoms with Crippen LogP contribution in [0, 0.1) is 0 Å². The maximum atomic E-state index is 12.8. The molecular weight excluding hydrogens is 885 g/mol. The Bertz CT molecular complexity index is 1680. The van der Waals surface area contributed by atoms with Gasteiger partial charge in [0.15, 0.2) is 6.10 Å². The molecule has 0 rings (SSSR count). The van der Waals surface area contributed by atoms with Crippen molar-refractivity contribution in [3.05, 3.63) is 182 Å². The van der Waals surface area contributed by atoms with Gasteiger partial charge in [0, 0.05) is 19.4 Å². The van der Waals surface area contributed by atoms with Gasteiger partial charge in [-0.25, -0.2) is 0 Å². The zero-order chi connectivity index (χ0) is 52.0. The fourth-order valence-electron chi connectivity index (χ4n) is 6.87. The number of rotatable bonds is 49. The number of hydrogen-bond donors (Lipinski definition) is 0. The topological polar surface area (TPSA) is 61.8 Å². The lowest BCUT2D eigenvalue weighted by atomic mass is 10.1. The van der Waals surface area contributed by atoms with E-state index in [9.17, 15) is 9.59 Å². The third-order valence-corrected chi connectivity index (χ3v) is 10.9. The van der Waals surface area contributed by atoms with E-state index in [0.717, 1.165) is 109 Å². The molecular formula is C67H102O5. The smallest absolute Gasteiger partial charge is 0.306 e. The molecule has 72 heavy (non-hydrogen) atoms. The summed E-state index contributed by atoms with van der Waals surface area (Å²) < 4.78 is 17.3. The molecule has 0 aliphatic heterocycles. The molecule has 0 amide bonds. The van der Waals surface area contributed by atoms with Gasteiger partial charge >= 0.3 is 11.9 Å². The van der Waals surface area contributed by atoms with Crippen LogP contribution in [0.3, 0.4) is 0 Å². The number of unbranched alkanes of at least 4 members (excludes halogenated alkanes) is 8. The molecule has 5 nitrogen and oxygen atoms in total. The largest absolute Gasteiger partial charge is 0.462 e. The van der Waals surface area contributed by atoms with Crippen molar-refractivity contribution in [3.8, 4) is 0 Å². The minimum Gasteiger partial charge on any atom is -0.462 e. The van der Waals surface area contributed by atoms with Crippen LogP contribution in [0.15, 0.2) is 182 Å². The molecule has 0 heterocycles. The average molecular weight is 988 g/mol. The van der Waals surface area contributed by atoms with Gasteiger partial charge in [0.2, 0.25) is 0 Å². The number of carbonyl (C=O) groups excluding carboxylic acids is 2. The van der Waals surface area contributed by atoms with Crippen LogP contribution in [-0.2, 0) is 23.8 Å². The van der Waals surface area contributed by atoms with Gasteiger partial charge in [-0.2, -0.15) is 0 Å². The lowest BCUT2D eigenvalue weighted by molar-refractivity contribution is -0.162. The Morgan fingerprint density at radius 3 is 0.931 bits per heavy atom. The lowest BCUT2D eigenvalue weighted by Gasteiger charge is -2.18. The van der Waals surface area contributed by atoms with Gasteiger partial charge in [-0.3, -0.25) is 9.59 Å². The molecule has 0 aromatic rings. The standard InChI is InChI=1S/C67H102O5/c1-4-7-10-13-16-19-22-25-28-31-34-36-39-42-45-48-51-54-57-60-66(68)71-64-65(63-70-62-59-56-53-50-47-44-41-38-33-30-27-24-21-18-15-12-9-6-3)72-67(69)61-58-55-52-49-46-43-40-37-35-32-29-26-23-20-17-14-11-8-5-2/h7-12,16-21,25-30,34-37,42-43,45-46,51-52,54-55,65H,4-6,13-15,22-24,31-33,38-41,44,47-50,53,56-64H2,1-3H3/b10-7-,11-8-,12-9-,19-16-,20-17-,21-18-,28-25-,29-26-,30-27-,36-34-,37-35-,45-42-,46-43-,54-51-,55-52-. The Morgan fingerprint density at radius 2 is 0.583 bits per heavy atom. The molecule has 0 N–H and O–H groups in total. The fourth-order valence-corrected chi connectivity index (χ4v) is 6.87. The minimum atomic E-state index is -0.628. The quantitative estimate of drug-likeness (QED) is 0.0345. The number of carbonyl (C=O) groups is 2. The van der Waals surface area contributed by atoms with Crippen molar-refractivity contribution >= 4 is 11.9 Å². The minimum absolute atomic E-state index is 0.00197. The summed E-state index contributed by atoms with van der Waals surface area (Å²) in [5.74, 6) is -0.611. The average Bonchev–Trinajstić information content (AvgIpc) is 3.38. The molecule has 0 aliphatic carbocycles. The summed E-state index contributed by atoms with van der Waals surface area (Å²) in [4.78, 5) is 25.5. The zero-order valence-corrected chi connectivity index (χ0v) is 45.9. The second-order valence-electron chi connectivity index (χ2n) is 17.7. The summed E-state index contributed by atoms with van der Waals surface area (Å²) in [6, 6.07) is 0.